The molecule has 3 rings (SSSR count). The van der Waals surface area contributed by atoms with Crippen molar-refractivity contribution in [3.05, 3.63) is 36.2 Å². The summed E-state index contributed by atoms with van der Waals surface area (Å²) in [5, 5.41) is 10.8. The summed E-state index contributed by atoms with van der Waals surface area (Å²) in [5.41, 5.74) is 1.05. The van der Waals surface area contributed by atoms with Gasteiger partial charge in [-0.3, -0.25) is 5.10 Å². The third kappa shape index (κ3) is 2.46. The Morgan fingerprint density at radius 3 is 2.70 bits per heavy atom. The fourth-order valence-corrected chi connectivity index (χ4v) is 2.81. The second kappa shape index (κ2) is 5.73. The van der Waals surface area contributed by atoms with E-state index in [1.165, 1.54) is 0 Å². The molecule has 1 aromatic heterocycles. The molecule has 2 heterocycles. The van der Waals surface area contributed by atoms with Crippen LogP contribution in [0.1, 0.15) is 18.7 Å². The number of rotatable bonds is 4. The first-order chi connectivity index (χ1) is 9.84. The van der Waals surface area contributed by atoms with Crippen molar-refractivity contribution >= 4 is 0 Å². The number of benzene rings is 1. The number of hydrogen-bond donors (Lipinski definition) is 2. The van der Waals surface area contributed by atoms with E-state index in [0.717, 1.165) is 49.8 Å². The lowest BCUT2D eigenvalue weighted by Gasteiger charge is -2.34. The summed E-state index contributed by atoms with van der Waals surface area (Å²) in [7, 11) is 1.98. The molecular weight excluding hydrogens is 252 g/mol. The van der Waals surface area contributed by atoms with Gasteiger partial charge in [-0.25, -0.2) is 4.98 Å². The quantitative estimate of drug-likeness (QED) is 0.890. The Labute approximate surface area is 118 Å². The van der Waals surface area contributed by atoms with Gasteiger partial charge in [-0.1, -0.05) is 30.3 Å². The van der Waals surface area contributed by atoms with Crippen molar-refractivity contribution in [1.29, 1.82) is 0 Å². The molecule has 5 heteroatoms. The first-order valence-electron chi connectivity index (χ1n) is 7.05. The van der Waals surface area contributed by atoms with Crippen molar-refractivity contribution in [1.82, 2.24) is 20.5 Å². The van der Waals surface area contributed by atoms with Crippen LogP contribution in [0.15, 0.2) is 30.3 Å². The van der Waals surface area contributed by atoms with Crippen LogP contribution in [-0.2, 0) is 10.2 Å². The molecule has 5 nitrogen and oxygen atoms in total. The maximum absolute atomic E-state index is 5.49. The number of nitrogens with one attached hydrogen (secondary N) is 2. The number of likely N-dealkylation sites (N-methyl/N-ethyl adjacent to an activating group) is 1. The van der Waals surface area contributed by atoms with Gasteiger partial charge >= 0.3 is 0 Å². The number of H-pyrrole nitrogens is 1. The highest BCUT2D eigenvalue weighted by Crippen LogP contribution is 2.32. The predicted molar refractivity (Wildman–Crippen MR) is 77.5 cm³/mol. The van der Waals surface area contributed by atoms with E-state index in [0.29, 0.717) is 0 Å². The van der Waals surface area contributed by atoms with Gasteiger partial charge in [-0.2, -0.15) is 5.10 Å². The van der Waals surface area contributed by atoms with Gasteiger partial charge in [-0.05, 0) is 19.9 Å². The molecule has 1 saturated heterocycles. The predicted octanol–water partition coefficient (Wildman–Crippen LogP) is 1.74. The Balaban J connectivity index is 1.91. The van der Waals surface area contributed by atoms with Gasteiger partial charge in [0.1, 0.15) is 5.82 Å². The number of nitrogens with zero attached hydrogens (tertiary/aromatic N) is 2. The summed E-state index contributed by atoms with van der Waals surface area (Å²) < 4.78 is 5.49. The molecule has 0 radical (unpaired) electrons. The molecule has 1 aliphatic heterocycles. The summed E-state index contributed by atoms with van der Waals surface area (Å²) in [6, 6.07) is 10.1. The van der Waals surface area contributed by atoms with Crippen LogP contribution in [0.3, 0.4) is 0 Å². The van der Waals surface area contributed by atoms with E-state index < -0.39 is 0 Å². The van der Waals surface area contributed by atoms with E-state index in [4.69, 9.17) is 9.72 Å². The monoisotopic (exact) mass is 272 g/mol. The minimum Gasteiger partial charge on any atom is -0.381 e. The van der Waals surface area contributed by atoms with Gasteiger partial charge in [-0.15, -0.1) is 0 Å². The topological polar surface area (TPSA) is 62.8 Å². The minimum atomic E-state index is 0.00697. The molecule has 0 atom stereocenters. The first-order valence-corrected chi connectivity index (χ1v) is 7.05. The van der Waals surface area contributed by atoms with Crippen molar-refractivity contribution in [2.45, 2.75) is 18.3 Å². The highest BCUT2D eigenvalue weighted by molar-refractivity contribution is 5.54. The van der Waals surface area contributed by atoms with Gasteiger partial charge in [0.05, 0.1) is 0 Å². The van der Waals surface area contributed by atoms with Crippen molar-refractivity contribution in [2.24, 2.45) is 0 Å². The molecule has 1 aromatic carbocycles. The van der Waals surface area contributed by atoms with Crippen LogP contribution < -0.4 is 5.32 Å². The van der Waals surface area contributed by atoms with Gasteiger partial charge in [0.15, 0.2) is 5.82 Å². The summed E-state index contributed by atoms with van der Waals surface area (Å²) in [6.07, 6.45) is 1.94. The normalized spacial score (nSPS) is 18.1. The van der Waals surface area contributed by atoms with E-state index in [-0.39, 0.29) is 5.41 Å². The second-order valence-corrected chi connectivity index (χ2v) is 5.30. The van der Waals surface area contributed by atoms with E-state index in [1.807, 2.05) is 37.4 Å². The number of hydrogen-bond acceptors (Lipinski definition) is 4. The zero-order chi connectivity index (χ0) is 13.8. The molecule has 2 aromatic rings. The Bertz CT molecular complexity index is 541. The van der Waals surface area contributed by atoms with E-state index in [2.05, 4.69) is 15.5 Å². The average molecular weight is 272 g/mol. The number of aromatic nitrogens is 3. The Morgan fingerprint density at radius 2 is 2.00 bits per heavy atom. The molecule has 20 heavy (non-hydrogen) atoms. The third-order valence-electron chi connectivity index (χ3n) is 3.98. The zero-order valence-corrected chi connectivity index (χ0v) is 11.7. The largest absolute Gasteiger partial charge is 0.381 e. The molecule has 0 saturated carbocycles. The smallest absolute Gasteiger partial charge is 0.181 e. The summed E-state index contributed by atoms with van der Waals surface area (Å²) >= 11 is 0. The lowest BCUT2D eigenvalue weighted by molar-refractivity contribution is 0.0476. The van der Waals surface area contributed by atoms with E-state index in [9.17, 15) is 0 Å². The van der Waals surface area contributed by atoms with Crippen molar-refractivity contribution < 1.29 is 4.74 Å². The summed E-state index contributed by atoms with van der Waals surface area (Å²) in [5.74, 6) is 1.73. The first kappa shape index (κ1) is 13.3. The second-order valence-electron chi connectivity index (χ2n) is 5.30. The van der Waals surface area contributed by atoms with Crippen LogP contribution in [0.4, 0.5) is 0 Å². The Hall–Kier alpha value is -1.72. The lowest BCUT2D eigenvalue weighted by Crippen LogP contribution is -2.42. The highest BCUT2D eigenvalue weighted by atomic mass is 16.5. The van der Waals surface area contributed by atoms with E-state index >= 15 is 0 Å². The van der Waals surface area contributed by atoms with Crippen LogP contribution >= 0.6 is 0 Å². The zero-order valence-electron chi connectivity index (χ0n) is 11.7. The lowest BCUT2D eigenvalue weighted by atomic mass is 9.79. The van der Waals surface area contributed by atoms with Gasteiger partial charge < -0.3 is 10.1 Å². The molecule has 2 N–H and O–H groups in total. The maximum atomic E-state index is 5.49. The third-order valence-corrected chi connectivity index (χ3v) is 3.98. The van der Waals surface area contributed by atoms with Gasteiger partial charge in [0, 0.05) is 30.7 Å². The molecule has 0 aliphatic carbocycles. The van der Waals surface area contributed by atoms with Crippen LogP contribution in [0, 0.1) is 0 Å². The highest BCUT2D eigenvalue weighted by Gasteiger charge is 2.37. The summed E-state index contributed by atoms with van der Waals surface area (Å²) in [4.78, 5) is 4.73. The van der Waals surface area contributed by atoms with Gasteiger partial charge in [0.2, 0.25) is 0 Å². The average Bonchev–Trinajstić information content (AvgIpc) is 3.00. The van der Waals surface area contributed by atoms with Crippen molar-refractivity contribution in [3.8, 4) is 11.4 Å². The molecule has 1 aliphatic rings. The van der Waals surface area contributed by atoms with Crippen LogP contribution in [-0.4, -0.2) is 42.0 Å². The molecule has 0 amide bonds. The molecule has 0 spiro atoms. The van der Waals surface area contributed by atoms with Crippen LogP contribution in [0.5, 0.6) is 0 Å². The fraction of sp³-hybridized carbons (Fsp3) is 0.467. The molecule has 0 unspecified atom stereocenters. The number of ether oxygens (including phenoxy) is 1. The van der Waals surface area contributed by atoms with Crippen LogP contribution in [0.25, 0.3) is 11.4 Å². The fourth-order valence-electron chi connectivity index (χ4n) is 2.81. The molecule has 1 fully saturated rings. The minimum absolute atomic E-state index is 0.00697. The van der Waals surface area contributed by atoms with E-state index in [1.54, 1.807) is 0 Å². The summed E-state index contributed by atoms with van der Waals surface area (Å²) in [6.45, 7) is 2.45. The molecule has 0 bridgehead atoms. The standard InChI is InChI=1S/C15H20N4O/c1-16-11-15(7-9-20-10-8-15)14-17-13(18-19-14)12-5-3-2-4-6-12/h2-6,16H,7-11H2,1H3,(H,17,18,19). The maximum Gasteiger partial charge on any atom is 0.181 e. The van der Waals surface area contributed by atoms with Gasteiger partial charge in [0.25, 0.3) is 0 Å². The molecular formula is C15H20N4O. The SMILES string of the molecule is CNCC1(c2nc(-c3ccccc3)n[nH]2)CCOCC1. The van der Waals surface area contributed by atoms with Crippen LogP contribution in [0.2, 0.25) is 0 Å². The number of aromatic amines is 1. The molecule has 106 valence electrons. The Morgan fingerprint density at radius 1 is 1.25 bits per heavy atom. The Kier molecular flexibility index (Phi) is 3.80. The van der Waals surface area contributed by atoms with Crippen molar-refractivity contribution in [3.63, 3.8) is 0 Å². The van der Waals surface area contributed by atoms with Crippen molar-refractivity contribution in [2.75, 3.05) is 26.8 Å².